The zero-order valence-electron chi connectivity index (χ0n) is 12.6. The molecular formula is C17H22Cl2N2O. The second-order valence-corrected chi connectivity index (χ2v) is 7.39. The number of carbonyl (C=O) groups excluding carboxylic acids is 1. The Morgan fingerprint density at radius 2 is 2.00 bits per heavy atom. The largest absolute Gasteiger partial charge is 0.352 e. The van der Waals surface area contributed by atoms with Crippen molar-refractivity contribution in [3.05, 3.63) is 33.8 Å². The number of rotatable bonds is 4. The van der Waals surface area contributed by atoms with Crippen molar-refractivity contribution in [1.29, 1.82) is 0 Å². The zero-order chi connectivity index (χ0) is 15.7. The van der Waals surface area contributed by atoms with Gasteiger partial charge in [0.2, 0.25) is 5.91 Å². The van der Waals surface area contributed by atoms with E-state index >= 15 is 0 Å². The minimum atomic E-state index is -0.435. The van der Waals surface area contributed by atoms with Gasteiger partial charge in [0, 0.05) is 6.04 Å². The predicted octanol–water partition coefficient (Wildman–Crippen LogP) is 3.66. The second-order valence-electron chi connectivity index (χ2n) is 6.57. The van der Waals surface area contributed by atoms with E-state index in [9.17, 15) is 4.79 Å². The van der Waals surface area contributed by atoms with Crippen LogP contribution in [-0.2, 0) is 10.2 Å². The first-order chi connectivity index (χ1) is 10.6. The number of benzene rings is 1. The Bertz CT molecular complexity index is 572. The number of nitrogens with one attached hydrogen (secondary N) is 1. The standard InChI is InChI=1S/C17H22Cl2N2O/c18-13-6-5-12(9-14(13)19)17(7-2-8-17)16(22)21-15-4-1-3-11(15)10-20/h5-6,9,11,15H,1-4,7-8,10,20H2,(H,21,22)/t11-,15+/m1/s1. The summed E-state index contributed by atoms with van der Waals surface area (Å²) in [6.45, 7) is 0.644. The fraction of sp³-hybridized carbons (Fsp3) is 0.588. The van der Waals surface area contributed by atoms with Crippen molar-refractivity contribution >= 4 is 29.1 Å². The third kappa shape index (κ3) is 2.75. The number of carbonyl (C=O) groups is 1. The summed E-state index contributed by atoms with van der Waals surface area (Å²) >= 11 is 12.1. The maximum atomic E-state index is 12.9. The van der Waals surface area contributed by atoms with Crippen LogP contribution in [0.2, 0.25) is 10.0 Å². The summed E-state index contributed by atoms with van der Waals surface area (Å²) in [5, 5.41) is 4.30. The van der Waals surface area contributed by atoms with E-state index in [0.29, 0.717) is 22.5 Å². The van der Waals surface area contributed by atoms with Crippen LogP contribution in [0.3, 0.4) is 0 Å². The molecule has 1 amide bonds. The van der Waals surface area contributed by atoms with E-state index in [1.807, 2.05) is 12.1 Å². The van der Waals surface area contributed by atoms with Crippen LogP contribution in [0, 0.1) is 5.92 Å². The molecule has 0 unspecified atom stereocenters. The molecule has 0 aliphatic heterocycles. The van der Waals surface area contributed by atoms with E-state index in [1.165, 1.54) is 0 Å². The number of halogens is 2. The average Bonchev–Trinajstić information content (AvgIpc) is 2.88. The van der Waals surface area contributed by atoms with Crippen molar-refractivity contribution in [2.45, 2.75) is 50.0 Å². The van der Waals surface area contributed by atoms with Gasteiger partial charge in [0.25, 0.3) is 0 Å². The van der Waals surface area contributed by atoms with Gasteiger partial charge in [0.15, 0.2) is 0 Å². The first kappa shape index (κ1) is 16.1. The minimum absolute atomic E-state index is 0.127. The Labute approximate surface area is 141 Å². The molecule has 5 heteroatoms. The van der Waals surface area contributed by atoms with Gasteiger partial charge in [-0.3, -0.25) is 4.79 Å². The van der Waals surface area contributed by atoms with Crippen molar-refractivity contribution in [3.8, 4) is 0 Å². The molecule has 0 aromatic heterocycles. The van der Waals surface area contributed by atoms with Gasteiger partial charge >= 0.3 is 0 Å². The highest BCUT2D eigenvalue weighted by molar-refractivity contribution is 6.42. The molecule has 2 aliphatic rings. The Hall–Kier alpha value is -0.770. The van der Waals surface area contributed by atoms with E-state index in [4.69, 9.17) is 28.9 Å². The summed E-state index contributed by atoms with van der Waals surface area (Å²) in [6, 6.07) is 5.78. The molecule has 0 heterocycles. The Balaban J connectivity index is 1.80. The molecule has 2 saturated carbocycles. The third-order valence-electron chi connectivity index (χ3n) is 5.39. The van der Waals surface area contributed by atoms with Crippen LogP contribution in [0.25, 0.3) is 0 Å². The lowest BCUT2D eigenvalue weighted by molar-refractivity contribution is -0.130. The van der Waals surface area contributed by atoms with E-state index in [2.05, 4.69) is 5.32 Å². The lowest BCUT2D eigenvalue weighted by atomic mass is 9.63. The molecule has 0 radical (unpaired) electrons. The van der Waals surface area contributed by atoms with Crippen molar-refractivity contribution in [1.82, 2.24) is 5.32 Å². The number of amides is 1. The fourth-order valence-corrected chi connectivity index (χ4v) is 4.08. The quantitative estimate of drug-likeness (QED) is 0.878. The predicted molar refractivity (Wildman–Crippen MR) is 90.3 cm³/mol. The molecule has 22 heavy (non-hydrogen) atoms. The van der Waals surface area contributed by atoms with Gasteiger partial charge < -0.3 is 11.1 Å². The van der Waals surface area contributed by atoms with Crippen LogP contribution in [-0.4, -0.2) is 18.5 Å². The summed E-state index contributed by atoms with van der Waals surface area (Å²) in [6.07, 6.45) is 6.10. The average molecular weight is 341 g/mol. The number of nitrogens with two attached hydrogens (primary N) is 1. The highest BCUT2D eigenvalue weighted by atomic mass is 35.5. The fourth-order valence-electron chi connectivity index (χ4n) is 3.79. The first-order valence-electron chi connectivity index (χ1n) is 8.03. The van der Waals surface area contributed by atoms with Crippen LogP contribution in [0.4, 0.5) is 0 Å². The molecule has 1 aromatic carbocycles. The summed E-state index contributed by atoms with van der Waals surface area (Å²) in [5.41, 5.74) is 6.36. The molecule has 2 fully saturated rings. The molecular weight excluding hydrogens is 319 g/mol. The highest BCUT2D eigenvalue weighted by Crippen LogP contribution is 2.45. The van der Waals surface area contributed by atoms with Crippen molar-refractivity contribution in [3.63, 3.8) is 0 Å². The molecule has 2 atom stereocenters. The maximum absolute atomic E-state index is 12.9. The maximum Gasteiger partial charge on any atom is 0.230 e. The smallest absolute Gasteiger partial charge is 0.230 e. The minimum Gasteiger partial charge on any atom is -0.352 e. The topological polar surface area (TPSA) is 55.1 Å². The van der Waals surface area contributed by atoms with E-state index in [-0.39, 0.29) is 11.9 Å². The van der Waals surface area contributed by atoms with Crippen molar-refractivity contribution < 1.29 is 4.79 Å². The van der Waals surface area contributed by atoms with Gasteiger partial charge in [-0.05, 0) is 55.8 Å². The third-order valence-corrected chi connectivity index (χ3v) is 6.13. The molecule has 3 rings (SSSR count). The number of hydrogen-bond acceptors (Lipinski definition) is 2. The van der Waals surface area contributed by atoms with E-state index < -0.39 is 5.41 Å². The van der Waals surface area contributed by atoms with Crippen LogP contribution >= 0.6 is 23.2 Å². The SMILES string of the molecule is NC[C@H]1CCC[C@@H]1NC(=O)C1(c2ccc(Cl)c(Cl)c2)CCC1. The number of hydrogen-bond donors (Lipinski definition) is 2. The summed E-state index contributed by atoms with van der Waals surface area (Å²) in [5.74, 6) is 0.539. The van der Waals surface area contributed by atoms with Crippen molar-refractivity contribution in [2.24, 2.45) is 11.7 Å². The molecule has 2 aliphatic carbocycles. The van der Waals surface area contributed by atoms with Gasteiger partial charge in [-0.25, -0.2) is 0 Å². The van der Waals surface area contributed by atoms with Gasteiger partial charge in [-0.1, -0.05) is 42.1 Å². The lowest BCUT2D eigenvalue weighted by Crippen LogP contribution is -2.53. The second kappa shape index (κ2) is 6.38. The first-order valence-corrected chi connectivity index (χ1v) is 8.79. The molecule has 3 N–H and O–H groups in total. The monoisotopic (exact) mass is 340 g/mol. The van der Waals surface area contributed by atoms with Crippen LogP contribution in [0.15, 0.2) is 18.2 Å². The van der Waals surface area contributed by atoms with Crippen molar-refractivity contribution in [2.75, 3.05) is 6.54 Å². The molecule has 0 saturated heterocycles. The molecule has 0 bridgehead atoms. The normalized spacial score (nSPS) is 26.5. The summed E-state index contributed by atoms with van der Waals surface area (Å²) in [7, 11) is 0. The molecule has 1 aromatic rings. The highest BCUT2D eigenvalue weighted by Gasteiger charge is 2.47. The zero-order valence-corrected chi connectivity index (χ0v) is 14.1. The van der Waals surface area contributed by atoms with Gasteiger partial charge in [0.1, 0.15) is 0 Å². The van der Waals surface area contributed by atoms with Gasteiger partial charge in [-0.2, -0.15) is 0 Å². The molecule has 0 spiro atoms. The Kier molecular flexibility index (Phi) is 4.67. The summed E-state index contributed by atoms with van der Waals surface area (Å²) < 4.78 is 0. The van der Waals surface area contributed by atoms with E-state index in [0.717, 1.165) is 44.1 Å². The Morgan fingerprint density at radius 1 is 1.23 bits per heavy atom. The van der Waals surface area contributed by atoms with Crippen LogP contribution in [0.5, 0.6) is 0 Å². The van der Waals surface area contributed by atoms with Gasteiger partial charge in [0.05, 0.1) is 15.5 Å². The molecule has 120 valence electrons. The lowest BCUT2D eigenvalue weighted by Gasteiger charge is -2.42. The summed E-state index contributed by atoms with van der Waals surface area (Å²) in [4.78, 5) is 12.9. The van der Waals surface area contributed by atoms with Crippen LogP contribution < -0.4 is 11.1 Å². The Morgan fingerprint density at radius 3 is 2.59 bits per heavy atom. The van der Waals surface area contributed by atoms with E-state index in [1.54, 1.807) is 6.07 Å². The van der Waals surface area contributed by atoms with Gasteiger partial charge in [-0.15, -0.1) is 0 Å². The van der Waals surface area contributed by atoms with Crippen LogP contribution in [0.1, 0.15) is 44.1 Å². The molecule has 3 nitrogen and oxygen atoms in total.